The van der Waals surface area contributed by atoms with Crippen LogP contribution in [0.1, 0.15) is 71.6 Å². The van der Waals surface area contributed by atoms with E-state index in [1.165, 1.54) is 19.3 Å². The number of hydrogen-bond acceptors (Lipinski definition) is 4. The van der Waals surface area contributed by atoms with E-state index >= 15 is 0 Å². The van der Waals surface area contributed by atoms with Gasteiger partial charge in [0.05, 0.1) is 11.9 Å². The standard InChI is InChI=1S/C16H32O3S/c1-3-5-6-9-12-15(20)16(17)19-14-11-8-7-10-13-18-4-2/h15,20H,3-14H2,1-2H3. The van der Waals surface area contributed by atoms with Crippen LogP contribution in [0.2, 0.25) is 0 Å². The Morgan fingerprint density at radius 1 is 0.950 bits per heavy atom. The lowest BCUT2D eigenvalue weighted by Crippen LogP contribution is -2.18. The SMILES string of the molecule is CCCCCCC(S)C(=O)OCCCCCCOCC. The molecule has 0 aromatic heterocycles. The quantitative estimate of drug-likeness (QED) is 0.293. The van der Waals surface area contributed by atoms with E-state index in [0.29, 0.717) is 6.61 Å². The Labute approximate surface area is 130 Å². The van der Waals surface area contributed by atoms with Gasteiger partial charge >= 0.3 is 5.97 Å². The highest BCUT2D eigenvalue weighted by atomic mass is 32.1. The first-order valence-corrected chi connectivity index (χ1v) is 8.66. The van der Waals surface area contributed by atoms with Gasteiger partial charge in [-0.2, -0.15) is 12.6 Å². The maximum absolute atomic E-state index is 11.7. The molecule has 0 N–H and O–H groups in total. The Morgan fingerprint density at radius 3 is 2.25 bits per heavy atom. The Bertz CT molecular complexity index is 222. The molecule has 0 radical (unpaired) electrons. The van der Waals surface area contributed by atoms with Crippen molar-refractivity contribution in [3.8, 4) is 0 Å². The summed E-state index contributed by atoms with van der Waals surface area (Å²) in [6, 6.07) is 0. The van der Waals surface area contributed by atoms with Gasteiger partial charge in [-0.05, 0) is 32.6 Å². The van der Waals surface area contributed by atoms with Gasteiger partial charge < -0.3 is 9.47 Å². The Morgan fingerprint density at radius 2 is 1.60 bits per heavy atom. The van der Waals surface area contributed by atoms with Crippen molar-refractivity contribution < 1.29 is 14.3 Å². The molecule has 0 aliphatic heterocycles. The normalized spacial score (nSPS) is 12.3. The van der Waals surface area contributed by atoms with Crippen LogP contribution in [0.3, 0.4) is 0 Å². The van der Waals surface area contributed by atoms with Crippen molar-refractivity contribution in [3.05, 3.63) is 0 Å². The van der Waals surface area contributed by atoms with Gasteiger partial charge in [0.15, 0.2) is 0 Å². The number of carbonyl (C=O) groups is 1. The summed E-state index contributed by atoms with van der Waals surface area (Å²) in [5.41, 5.74) is 0. The minimum absolute atomic E-state index is 0.154. The van der Waals surface area contributed by atoms with Crippen molar-refractivity contribution in [1.82, 2.24) is 0 Å². The monoisotopic (exact) mass is 304 g/mol. The highest BCUT2D eigenvalue weighted by Gasteiger charge is 2.14. The van der Waals surface area contributed by atoms with Crippen LogP contribution in [-0.4, -0.2) is 31.0 Å². The van der Waals surface area contributed by atoms with E-state index in [9.17, 15) is 4.79 Å². The molecule has 0 aliphatic rings. The smallest absolute Gasteiger partial charge is 0.318 e. The first-order valence-electron chi connectivity index (χ1n) is 8.14. The summed E-state index contributed by atoms with van der Waals surface area (Å²) < 4.78 is 10.5. The second-order valence-electron chi connectivity index (χ2n) is 5.14. The minimum Gasteiger partial charge on any atom is -0.465 e. The van der Waals surface area contributed by atoms with Crippen LogP contribution in [0, 0.1) is 0 Å². The van der Waals surface area contributed by atoms with E-state index in [-0.39, 0.29) is 11.2 Å². The van der Waals surface area contributed by atoms with Crippen molar-refractivity contribution >= 4 is 18.6 Å². The van der Waals surface area contributed by atoms with Crippen LogP contribution in [0.4, 0.5) is 0 Å². The Hall–Kier alpha value is -0.220. The number of rotatable bonds is 14. The predicted octanol–water partition coefficient (Wildman–Crippen LogP) is 4.40. The molecule has 20 heavy (non-hydrogen) atoms. The summed E-state index contributed by atoms with van der Waals surface area (Å²) in [4.78, 5) is 11.7. The van der Waals surface area contributed by atoms with Crippen LogP contribution in [0.5, 0.6) is 0 Å². The van der Waals surface area contributed by atoms with E-state index in [1.807, 2.05) is 6.92 Å². The molecule has 0 saturated carbocycles. The molecular formula is C16H32O3S. The van der Waals surface area contributed by atoms with Crippen molar-refractivity contribution in [2.45, 2.75) is 76.9 Å². The molecule has 0 bridgehead atoms. The van der Waals surface area contributed by atoms with Crippen LogP contribution in [0.15, 0.2) is 0 Å². The van der Waals surface area contributed by atoms with E-state index in [4.69, 9.17) is 9.47 Å². The number of carbonyl (C=O) groups excluding carboxylic acids is 1. The molecule has 0 rings (SSSR count). The maximum atomic E-state index is 11.7. The fourth-order valence-corrected chi connectivity index (χ4v) is 2.21. The molecule has 1 atom stereocenters. The molecular weight excluding hydrogens is 272 g/mol. The van der Waals surface area contributed by atoms with Crippen LogP contribution >= 0.6 is 12.6 Å². The van der Waals surface area contributed by atoms with Crippen molar-refractivity contribution in [1.29, 1.82) is 0 Å². The molecule has 0 saturated heterocycles. The zero-order valence-corrected chi connectivity index (χ0v) is 14.1. The molecule has 0 fully saturated rings. The van der Waals surface area contributed by atoms with Gasteiger partial charge in [0.1, 0.15) is 0 Å². The van der Waals surface area contributed by atoms with Crippen LogP contribution in [0.25, 0.3) is 0 Å². The van der Waals surface area contributed by atoms with Crippen molar-refractivity contribution in [2.75, 3.05) is 19.8 Å². The zero-order chi connectivity index (χ0) is 15.1. The molecule has 0 amide bonds. The molecule has 0 aromatic rings. The number of hydrogen-bond donors (Lipinski definition) is 1. The molecule has 120 valence electrons. The maximum Gasteiger partial charge on any atom is 0.318 e. The third kappa shape index (κ3) is 12.8. The molecule has 0 spiro atoms. The summed E-state index contributed by atoms with van der Waals surface area (Å²) in [6.45, 7) is 6.35. The summed E-state index contributed by atoms with van der Waals surface area (Å²) in [5.74, 6) is -0.154. The molecule has 0 aliphatic carbocycles. The number of ether oxygens (including phenoxy) is 2. The van der Waals surface area contributed by atoms with Gasteiger partial charge in [-0.3, -0.25) is 4.79 Å². The van der Waals surface area contributed by atoms with Gasteiger partial charge in [-0.25, -0.2) is 0 Å². The van der Waals surface area contributed by atoms with Crippen molar-refractivity contribution in [3.63, 3.8) is 0 Å². The molecule has 0 aromatic carbocycles. The van der Waals surface area contributed by atoms with Gasteiger partial charge in [0.2, 0.25) is 0 Å². The lowest BCUT2D eigenvalue weighted by molar-refractivity contribution is -0.143. The number of unbranched alkanes of at least 4 members (excludes halogenated alkanes) is 6. The van der Waals surface area contributed by atoms with E-state index in [2.05, 4.69) is 19.6 Å². The Balaban J connectivity index is 3.34. The summed E-state index contributed by atoms with van der Waals surface area (Å²) in [5, 5.41) is -0.246. The zero-order valence-electron chi connectivity index (χ0n) is 13.2. The number of esters is 1. The van der Waals surface area contributed by atoms with Gasteiger partial charge in [-0.1, -0.05) is 39.0 Å². The molecule has 0 heterocycles. The Kier molecular flexibility index (Phi) is 15.0. The summed E-state index contributed by atoms with van der Waals surface area (Å²) >= 11 is 4.32. The summed E-state index contributed by atoms with van der Waals surface area (Å²) in [6.07, 6.45) is 9.78. The van der Waals surface area contributed by atoms with E-state index in [0.717, 1.165) is 51.7 Å². The third-order valence-corrected chi connectivity index (χ3v) is 3.70. The fraction of sp³-hybridized carbons (Fsp3) is 0.938. The van der Waals surface area contributed by atoms with Gasteiger partial charge in [0.25, 0.3) is 0 Å². The van der Waals surface area contributed by atoms with Crippen LogP contribution < -0.4 is 0 Å². The largest absolute Gasteiger partial charge is 0.465 e. The predicted molar refractivity (Wildman–Crippen MR) is 87.5 cm³/mol. The highest BCUT2D eigenvalue weighted by Crippen LogP contribution is 2.11. The van der Waals surface area contributed by atoms with Gasteiger partial charge in [-0.15, -0.1) is 0 Å². The lowest BCUT2D eigenvalue weighted by Gasteiger charge is -2.10. The molecule has 1 unspecified atom stereocenters. The topological polar surface area (TPSA) is 35.5 Å². The minimum atomic E-state index is -0.246. The number of thiol groups is 1. The first kappa shape index (κ1) is 19.8. The van der Waals surface area contributed by atoms with Crippen LogP contribution in [-0.2, 0) is 14.3 Å². The average molecular weight is 304 g/mol. The molecule has 3 nitrogen and oxygen atoms in total. The first-order chi connectivity index (χ1) is 9.72. The molecule has 4 heteroatoms. The van der Waals surface area contributed by atoms with Crippen molar-refractivity contribution in [2.24, 2.45) is 0 Å². The van der Waals surface area contributed by atoms with E-state index < -0.39 is 0 Å². The second-order valence-corrected chi connectivity index (χ2v) is 5.77. The summed E-state index contributed by atoms with van der Waals surface area (Å²) in [7, 11) is 0. The fourth-order valence-electron chi connectivity index (χ4n) is 1.96. The van der Waals surface area contributed by atoms with E-state index in [1.54, 1.807) is 0 Å². The lowest BCUT2D eigenvalue weighted by atomic mass is 10.1. The second kappa shape index (κ2) is 15.2. The average Bonchev–Trinajstić information content (AvgIpc) is 2.46. The van der Waals surface area contributed by atoms with Gasteiger partial charge in [0, 0.05) is 13.2 Å². The highest BCUT2D eigenvalue weighted by molar-refractivity contribution is 7.81. The third-order valence-electron chi connectivity index (χ3n) is 3.23.